The predicted octanol–water partition coefficient (Wildman–Crippen LogP) is 6.30. The summed E-state index contributed by atoms with van der Waals surface area (Å²) in [5.41, 5.74) is 4.63. The molecule has 1 unspecified atom stereocenters. The maximum absolute atomic E-state index is 12.6. The lowest BCUT2D eigenvalue weighted by atomic mass is 10.0. The molecule has 6 heteroatoms. The Balaban J connectivity index is 1.23. The zero-order valence-electron chi connectivity index (χ0n) is 21.9. The number of methoxy groups -OCH3 is 1. The number of ketones is 1. The Morgan fingerprint density at radius 3 is 2.00 bits per heavy atom. The van der Waals surface area contributed by atoms with E-state index in [0.29, 0.717) is 24.2 Å². The molecule has 4 aromatic carbocycles. The summed E-state index contributed by atoms with van der Waals surface area (Å²) < 4.78 is 10.9. The van der Waals surface area contributed by atoms with Gasteiger partial charge in [-0.2, -0.15) is 0 Å². The van der Waals surface area contributed by atoms with Crippen LogP contribution >= 0.6 is 11.8 Å². The highest BCUT2D eigenvalue weighted by Crippen LogP contribution is 2.21. The summed E-state index contributed by atoms with van der Waals surface area (Å²) in [6.45, 7) is 0.517. The molecule has 0 aliphatic rings. The molecule has 4 aromatic rings. The first-order valence-electron chi connectivity index (χ1n) is 12.9. The number of hydrogen-bond acceptors (Lipinski definition) is 6. The molecular formula is C33H32O5S. The smallest absolute Gasteiger partial charge is 0.319 e. The second kappa shape index (κ2) is 14.2. The van der Waals surface area contributed by atoms with E-state index in [0.717, 1.165) is 41.0 Å². The minimum absolute atomic E-state index is 0.00702. The molecule has 0 heterocycles. The van der Waals surface area contributed by atoms with Gasteiger partial charge < -0.3 is 14.6 Å². The van der Waals surface area contributed by atoms with Gasteiger partial charge in [-0.15, -0.1) is 11.8 Å². The van der Waals surface area contributed by atoms with Crippen molar-refractivity contribution >= 4 is 23.5 Å². The molecule has 0 radical (unpaired) electrons. The van der Waals surface area contributed by atoms with E-state index in [-0.39, 0.29) is 22.8 Å². The molecule has 200 valence electrons. The largest absolute Gasteiger partial charge is 0.508 e. The van der Waals surface area contributed by atoms with Crippen LogP contribution in [0.2, 0.25) is 0 Å². The molecule has 4 rings (SSSR count). The van der Waals surface area contributed by atoms with Crippen LogP contribution in [0.4, 0.5) is 0 Å². The van der Waals surface area contributed by atoms with Gasteiger partial charge in [-0.3, -0.25) is 9.59 Å². The predicted molar refractivity (Wildman–Crippen MR) is 156 cm³/mol. The lowest BCUT2D eigenvalue weighted by Crippen LogP contribution is -2.22. The molecule has 1 N–H and O–H groups in total. The van der Waals surface area contributed by atoms with Crippen molar-refractivity contribution < 1.29 is 24.2 Å². The van der Waals surface area contributed by atoms with Crippen molar-refractivity contribution in [1.29, 1.82) is 0 Å². The molecular weight excluding hydrogens is 508 g/mol. The molecule has 0 spiro atoms. The van der Waals surface area contributed by atoms with Crippen LogP contribution < -0.4 is 4.74 Å². The molecule has 1 atom stereocenters. The van der Waals surface area contributed by atoms with Crippen LogP contribution in [0.5, 0.6) is 11.5 Å². The highest BCUT2D eigenvalue weighted by atomic mass is 32.2. The van der Waals surface area contributed by atoms with Crippen molar-refractivity contribution in [3.63, 3.8) is 0 Å². The maximum atomic E-state index is 12.6. The molecule has 0 aliphatic heterocycles. The van der Waals surface area contributed by atoms with E-state index in [9.17, 15) is 14.7 Å². The molecule has 0 bridgehead atoms. The number of ether oxygens (including phenoxy) is 2. The standard InChI is InChI=1S/C33H32O5S/c1-37-33(36)31(39-22-20-25-11-15-29(34)16-12-25)23-26-9-7-24(8-10-26)19-21-38-30-17-13-28(14-18-30)32(35)27-5-3-2-4-6-27/h2-18,31,34H,19-23H2,1H3. The van der Waals surface area contributed by atoms with Gasteiger partial charge in [0.15, 0.2) is 5.78 Å². The fourth-order valence-corrected chi connectivity index (χ4v) is 5.31. The first-order chi connectivity index (χ1) is 19.0. The number of rotatable bonds is 13. The van der Waals surface area contributed by atoms with Crippen molar-refractivity contribution in [2.45, 2.75) is 24.5 Å². The number of aryl methyl sites for hydroxylation is 1. The van der Waals surface area contributed by atoms with Gasteiger partial charge in [0.2, 0.25) is 0 Å². The third-order valence-electron chi connectivity index (χ3n) is 6.37. The SMILES string of the molecule is COC(=O)C(Cc1ccc(CCOc2ccc(C(=O)c3ccccc3)cc2)cc1)SCCc1ccc(O)cc1. The summed E-state index contributed by atoms with van der Waals surface area (Å²) >= 11 is 1.59. The quantitative estimate of drug-likeness (QED) is 0.158. The second-order valence-corrected chi connectivity index (χ2v) is 10.4. The number of benzene rings is 4. The van der Waals surface area contributed by atoms with Crippen LogP contribution in [0.25, 0.3) is 0 Å². The first-order valence-corrected chi connectivity index (χ1v) is 13.9. The molecule has 0 aliphatic carbocycles. The van der Waals surface area contributed by atoms with Gasteiger partial charge in [0.05, 0.1) is 13.7 Å². The zero-order valence-corrected chi connectivity index (χ0v) is 22.7. The monoisotopic (exact) mass is 540 g/mol. The van der Waals surface area contributed by atoms with Crippen molar-refractivity contribution in [2.75, 3.05) is 19.5 Å². The molecule has 0 amide bonds. The summed E-state index contributed by atoms with van der Waals surface area (Å²) in [6, 6.07) is 31.8. The van der Waals surface area contributed by atoms with Crippen molar-refractivity contribution in [1.82, 2.24) is 0 Å². The summed E-state index contributed by atoms with van der Waals surface area (Å²) in [7, 11) is 1.42. The Bertz CT molecular complexity index is 1330. The van der Waals surface area contributed by atoms with Gasteiger partial charge in [-0.05, 0) is 71.7 Å². The topological polar surface area (TPSA) is 72.8 Å². The molecule has 0 fully saturated rings. The van der Waals surface area contributed by atoms with E-state index >= 15 is 0 Å². The van der Waals surface area contributed by atoms with E-state index in [2.05, 4.69) is 24.3 Å². The van der Waals surface area contributed by atoms with Crippen molar-refractivity contribution in [2.24, 2.45) is 0 Å². The Morgan fingerprint density at radius 2 is 1.33 bits per heavy atom. The lowest BCUT2D eigenvalue weighted by Gasteiger charge is -2.15. The number of thioether (sulfide) groups is 1. The lowest BCUT2D eigenvalue weighted by molar-refractivity contribution is -0.139. The summed E-state index contributed by atoms with van der Waals surface area (Å²) in [5, 5.41) is 9.15. The van der Waals surface area contributed by atoms with Gasteiger partial charge >= 0.3 is 5.97 Å². The molecule has 39 heavy (non-hydrogen) atoms. The number of phenols is 1. The highest BCUT2D eigenvalue weighted by molar-refractivity contribution is 8.00. The Kier molecular flexibility index (Phi) is 10.2. The van der Waals surface area contributed by atoms with E-state index in [1.807, 2.05) is 54.6 Å². The average molecular weight is 541 g/mol. The molecule has 0 aromatic heterocycles. The number of aromatic hydroxyl groups is 1. The van der Waals surface area contributed by atoms with Crippen LogP contribution in [-0.2, 0) is 28.8 Å². The van der Waals surface area contributed by atoms with Crippen LogP contribution in [0.1, 0.15) is 32.6 Å². The van der Waals surface area contributed by atoms with E-state index in [1.165, 1.54) is 7.11 Å². The van der Waals surface area contributed by atoms with E-state index in [4.69, 9.17) is 9.47 Å². The van der Waals surface area contributed by atoms with Gasteiger partial charge in [0, 0.05) is 17.5 Å². The van der Waals surface area contributed by atoms with E-state index < -0.39 is 0 Å². The summed E-state index contributed by atoms with van der Waals surface area (Å²) in [5.74, 6) is 1.52. The number of hydrogen-bond donors (Lipinski definition) is 1. The Morgan fingerprint density at radius 1 is 0.744 bits per heavy atom. The van der Waals surface area contributed by atoms with E-state index in [1.54, 1.807) is 36.0 Å². The number of carbonyl (C=O) groups excluding carboxylic acids is 2. The normalized spacial score (nSPS) is 11.5. The maximum Gasteiger partial charge on any atom is 0.319 e. The third-order valence-corrected chi connectivity index (χ3v) is 7.57. The third kappa shape index (κ3) is 8.48. The fourth-order valence-electron chi connectivity index (χ4n) is 4.12. The Labute approximate surface area is 233 Å². The van der Waals surface area contributed by atoms with Crippen LogP contribution in [0.3, 0.4) is 0 Å². The number of esters is 1. The molecule has 5 nitrogen and oxygen atoms in total. The fraction of sp³-hybridized carbons (Fsp3) is 0.212. The van der Waals surface area contributed by atoms with Gasteiger partial charge in [0.1, 0.15) is 16.7 Å². The number of phenolic OH excluding ortho intramolecular Hbond substituents is 1. The van der Waals surface area contributed by atoms with Crippen molar-refractivity contribution in [3.05, 3.63) is 131 Å². The van der Waals surface area contributed by atoms with Gasteiger partial charge in [-0.1, -0.05) is 66.7 Å². The summed E-state index contributed by atoms with van der Waals surface area (Å²) in [4.78, 5) is 24.9. The van der Waals surface area contributed by atoms with Gasteiger partial charge in [0.25, 0.3) is 0 Å². The van der Waals surface area contributed by atoms with Crippen LogP contribution in [-0.4, -0.2) is 41.6 Å². The highest BCUT2D eigenvalue weighted by Gasteiger charge is 2.20. The van der Waals surface area contributed by atoms with Gasteiger partial charge in [-0.25, -0.2) is 0 Å². The first kappa shape index (κ1) is 28.0. The molecule has 0 saturated heterocycles. The minimum atomic E-state index is -0.280. The van der Waals surface area contributed by atoms with Crippen LogP contribution in [0, 0.1) is 0 Å². The minimum Gasteiger partial charge on any atom is -0.508 e. The van der Waals surface area contributed by atoms with Crippen LogP contribution in [0.15, 0.2) is 103 Å². The average Bonchev–Trinajstić information content (AvgIpc) is 2.98. The Hall–Kier alpha value is -4.03. The number of carbonyl (C=O) groups is 2. The second-order valence-electron chi connectivity index (χ2n) is 9.14. The molecule has 0 saturated carbocycles. The van der Waals surface area contributed by atoms with Crippen molar-refractivity contribution in [3.8, 4) is 11.5 Å². The summed E-state index contributed by atoms with van der Waals surface area (Å²) in [6.07, 6.45) is 2.15. The zero-order chi connectivity index (χ0) is 27.5.